The number of hydrogen-bond acceptors (Lipinski definition) is 7. The van der Waals surface area contributed by atoms with E-state index in [4.69, 9.17) is 9.72 Å². The summed E-state index contributed by atoms with van der Waals surface area (Å²) in [6.07, 6.45) is 0. The van der Waals surface area contributed by atoms with E-state index >= 15 is 0 Å². The number of ether oxygens (including phenoxy) is 1. The van der Waals surface area contributed by atoms with Gasteiger partial charge in [0.25, 0.3) is 5.91 Å². The maximum atomic E-state index is 14.3. The second-order valence-electron chi connectivity index (χ2n) is 8.43. The number of amides is 1. The lowest BCUT2D eigenvalue weighted by Crippen LogP contribution is -2.48. The van der Waals surface area contributed by atoms with Crippen LogP contribution in [0.4, 0.5) is 15.9 Å². The number of benzene rings is 2. The van der Waals surface area contributed by atoms with Gasteiger partial charge in [0.15, 0.2) is 0 Å². The number of piperazine rings is 1. The Morgan fingerprint density at radius 2 is 1.58 bits per heavy atom. The molecule has 0 bridgehead atoms. The first-order valence-corrected chi connectivity index (χ1v) is 12.0. The Morgan fingerprint density at radius 1 is 0.944 bits per heavy atom. The highest BCUT2D eigenvalue weighted by Gasteiger charge is 2.27. The molecule has 0 radical (unpaired) electrons. The molecule has 3 aromatic rings. The number of aliphatic hydroxyl groups is 2. The predicted octanol–water partition coefficient (Wildman–Crippen LogP) is 2.65. The van der Waals surface area contributed by atoms with E-state index in [1.165, 1.54) is 11.0 Å². The van der Waals surface area contributed by atoms with Gasteiger partial charge < -0.3 is 29.6 Å². The summed E-state index contributed by atoms with van der Waals surface area (Å²) >= 11 is 0. The molecule has 8 nitrogen and oxygen atoms in total. The molecule has 1 fully saturated rings. The SMILES string of the molecule is COc1ccccc1-c1ccc(C(=O)N(CCO)CCO)c(N2CCN(c3ccccc3F)CC2)n1. The van der Waals surface area contributed by atoms with Gasteiger partial charge in [-0.15, -0.1) is 0 Å². The lowest BCUT2D eigenvalue weighted by atomic mass is 10.1. The topological polar surface area (TPSA) is 89.4 Å². The molecular formula is C27H31FN4O4. The number of carbonyl (C=O) groups is 1. The number of methoxy groups -OCH3 is 1. The number of rotatable bonds is 9. The average Bonchev–Trinajstić information content (AvgIpc) is 2.92. The molecule has 1 saturated heterocycles. The van der Waals surface area contributed by atoms with Crippen molar-refractivity contribution in [1.29, 1.82) is 0 Å². The van der Waals surface area contributed by atoms with Crippen molar-refractivity contribution < 1.29 is 24.1 Å². The largest absolute Gasteiger partial charge is 0.496 e. The fourth-order valence-corrected chi connectivity index (χ4v) is 4.46. The molecule has 4 rings (SSSR count). The molecule has 2 N–H and O–H groups in total. The van der Waals surface area contributed by atoms with E-state index < -0.39 is 0 Å². The van der Waals surface area contributed by atoms with Crippen LogP contribution in [-0.2, 0) is 0 Å². The Bertz CT molecular complexity index is 1180. The molecule has 0 unspecified atom stereocenters. The maximum absolute atomic E-state index is 14.3. The van der Waals surface area contributed by atoms with Crippen LogP contribution in [0.5, 0.6) is 5.75 Å². The number of hydrogen-bond donors (Lipinski definition) is 2. The van der Waals surface area contributed by atoms with Crippen molar-refractivity contribution in [3.05, 3.63) is 72.0 Å². The van der Waals surface area contributed by atoms with Crippen molar-refractivity contribution in [2.75, 3.05) is 69.4 Å². The summed E-state index contributed by atoms with van der Waals surface area (Å²) in [4.78, 5) is 23.8. The normalized spacial score (nSPS) is 13.6. The van der Waals surface area contributed by atoms with Crippen molar-refractivity contribution in [2.45, 2.75) is 0 Å². The number of aromatic nitrogens is 1. The summed E-state index contributed by atoms with van der Waals surface area (Å²) in [5.41, 5.74) is 2.40. The monoisotopic (exact) mass is 494 g/mol. The van der Waals surface area contributed by atoms with Gasteiger partial charge in [0.1, 0.15) is 17.4 Å². The van der Waals surface area contributed by atoms with Crippen LogP contribution in [0.2, 0.25) is 0 Å². The molecular weight excluding hydrogens is 463 g/mol. The first-order valence-electron chi connectivity index (χ1n) is 12.0. The van der Waals surface area contributed by atoms with Gasteiger partial charge >= 0.3 is 0 Å². The van der Waals surface area contributed by atoms with Crippen LogP contribution in [0.15, 0.2) is 60.7 Å². The van der Waals surface area contributed by atoms with Crippen LogP contribution in [0.1, 0.15) is 10.4 Å². The zero-order chi connectivity index (χ0) is 25.5. The van der Waals surface area contributed by atoms with Crippen LogP contribution in [0.3, 0.4) is 0 Å². The average molecular weight is 495 g/mol. The molecule has 36 heavy (non-hydrogen) atoms. The molecule has 1 amide bonds. The standard InChI is InChI=1S/C27H31FN4O4/c1-36-25-9-5-2-6-20(25)23-11-10-21(27(35)32(16-18-33)17-19-34)26(29-23)31-14-12-30(13-15-31)24-8-4-3-7-22(24)28/h2-11,33-34H,12-19H2,1H3. The highest BCUT2D eigenvalue weighted by Crippen LogP contribution is 2.32. The van der Waals surface area contributed by atoms with Crippen molar-refractivity contribution in [1.82, 2.24) is 9.88 Å². The molecule has 0 atom stereocenters. The number of carbonyl (C=O) groups excluding carboxylic acids is 1. The number of pyridine rings is 1. The molecule has 1 aliphatic rings. The first kappa shape index (κ1) is 25.4. The summed E-state index contributed by atoms with van der Waals surface area (Å²) in [6, 6.07) is 17.8. The van der Waals surface area contributed by atoms with Gasteiger partial charge in [0.2, 0.25) is 0 Å². The minimum absolute atomic E-state index is 0.105. The third-order valence-corrected chi connectivity index (χ3v) is 6.29. The quantitative estimate of drug-likeness (QED) is 0.473. The van der Waals surface area contributed by atoms with Crippen LogP contribution in [0.25, 0.3) is 11.3 Å². The number of para-hydroxylation sites is 2. The number of nitrogens with zero attached hydrogens (tertiary/aromatic N) is 4. The van der Waals surface area contributed by atoms with Crippen LogP contribution in [0, 0.1) is 5.82 Å². The van der Waals surface area contributed by atoms with E-state index in [1.807, 2.05) is 40.1 Å². The van der Waals surface area contributed by atoms with E-state index in [0.717, 1.165) is 5.56 Å². The van der Waals surface area contributed by atoms with Crippen molar-refractivity contribution in [2.24, 2.45) is 0 Å². The van der Waals surface area contributed by atoms with Gasteiger partial charge in [-0.25, -0.2) is 9.37 Å². The second kappa shape index (κ2) is 11.8. The molecule has 190 valence electrons. The fourth-order valence-electron chi connectivity index (χ4n) is 4.46. The van der Waals surface area contributed by atoms with Gasteiger partial charge in [0, 0.05) is 44.8 Å². The molecule has 0 saturated carbocycles. The van der Waals surface area contributed by atoms with Gasteiger partial charge in [-0.3, -0.25) is 4.79 Å². The van der Waals surface area contributed by atoms with Crippen LogP contribution < -0.4 is 14.5 Å². The van der Waals surface area contributed by atoms with Crippen molar-refractivity contribution >= 4 is 17.4 Å². The Labute approximate surface area is 210 Å². The molecule has 1 aliphatic heterocycles. The summed E-state index contributed by atoms with van der Waals surface area (Å²) in [5.74, 6) is 0.601. The van der Waals surface area contributed by atoms with Gasteiger partial charge in [0.05, 0.1) is 37.3 Å². The molecule has 1 aromatic heterocycles. The van der Waals surface area contributed by atoms with Crippen LogP contribution >= 0.6 is 0 Å². The molecule has 2 aromatic carbocycles. The van der Waals surface area contributed by atoms with E-state index in [0.29, 0.717) is 54.7 Å². The van der Waals surface area contributed by atoms with E-state index in [2.05, 4.69) is 0 Å². The summed E-state index contributed by atoms with van der Waals surface area (Å²) in [6.45, 7) is 1.98. The van der Waals surface area contributed by atoms with Gasteiger partial charge in [-0.05, 0) is 36.4 Å². The molecule has 2 heterocycles. The Hall–Kier alpha value is -3.69. The number of halogens is 1. The number of aliphatic hydroxyl groups excluding tert-OH is 2. The zero-order valence-corrected chi connectivity index (χ0v) is 20.3. The fraction of sp³-hybridized carbons (Fsp3) is 0.333. The van der Waals surface area contributed by atoms with Gasteiger partial charge in [-0.1, -0.05) is 24.3 Å². The Kier molecular flexibility index (Phi) is 8.35. The molecule has 0 aliphatic carbocycles. The Balaban J connectivity index is 1.69. The summed E-state index contributed by atoms with van der Waals surface area (Å²) in [5, 5.41) is 18.9. The first-order chi connectivity index (χ1) is 17.6. The minimum atomic E-state index is -0.316. The smallest absolute Gasteiger partial charge is 0.257 e. The molecule has 0 spiro atoms. The third-order valence-electron chi connectivity index (χ3n) is 6.29. The lowest BCUT2D eigenvalue weighted by Gasteiger charge is -2.37. The van der Waals surface area contributed by atoms with Crippen molar-refractivity contribution in [3.63, 3.8) is 0 Å². The predicted molar refractivity (Wildman–Crippen MR) is 137 cm³/mol. The highest BCUT2D eigenvalue weighted by atomic mass is 19.1. The number of anilines is 2. The maximum Gasteiger partial charge on any atom is 0.257 e. The third kappa shape index (κ3) is 5.42. The van der Waals surface area contributed by atoms with E-state index in [1.54, 1.807) is 31.4 Å². The van der Waals surface area contributed by atoms with Crippen molar-refractivity contribution in [3.8, 4) is 17.0 Å². The zero-order valence-electron chi connectivity index (χ0n) is 20.3. The second-order valence-corrected chi connectivity index (χ2v) is 8.43. The van der Waals surface area contributed by atoms with E-state index in [-0.39, 0.29) is 38.0 Å². The minimum Gasteiger partial charge on any atom is -0.496 e. The van der Waals surface area contributed by atoms with Crippen LogP contribution in [-0.4, -0.2) is 85.6 Å². The summed E-state index contributed by atoms with van der Waals surface area (Å²) < 4.78 is 19.9. The highest BCUT2D eigenvalue weighted by molar-refractivity contribution is 5.99. The summed E-state index contributed by atoms with van der Waals surface area (Å²) in [7, 11) is 1.60. The molecule has 9 heteroatoms. The lowest BCUT2D eigenvalue weighted by molar-refractivity contribution is 0.0685. The van der Waals surface area contributed by atoms with E-state index in [9.17, 15) is 19.4 Å². The van der Waals surface area contributed by atoms with Gasteiger partial charge in [-0.2, -0.15) is 0 Å². The Morgan fingerprint density at radius 3 is 2.25 bits per heavy atom.